The molecule has 0 fully saturated rings. The zero-order chi connectivity index (χ0) is 16.8. The van der Waals surface area contributed by atoms with Gasteiger partial charge in [0.2, 0.25) is 0 Å². The summed E-state index contributed by atoms with van der Waals surface area (Å²) in [6.45, 7) is 1.97. The molecule has 0 aliphatic carbocycles. The second kappa shape index (κ2) is 7.42. The Morgan fingerprint density at radius 1 is 0.792 bits per heavy atom. The Balaban J connectivity index is 2.18. The second-order valence-electron chi connectivity index (χ2n) is 5.44. The van der Waals surface area contributed by atoms with E-state index in [0.717, 1.165) is 28.9 Å². The van der Waals surface area contributed by atoms with Crippen LogP contribution >= 0.6 is 0 Å². The molecule has 118 valence electrons. The van der Waals surface area contributed by atoms with Gasteiger partial charge in [-0.05, 0) is 48.9 Å². The van der Waals surface area contributed by atoms with Gasteiger partial charge in [0.15, 0.2) is 6.29 Å². The average Bonchev–Trinajstić information content (AvgIpc) is 2.65. The van der Waals surface area contributed by atoms with Crippen LogP contribution in [0, 0.1) is 0 Å². The number of carbonyl (C=O) groups excluding carboxylic acids is 1. The van der Waals surface area contributed by atoms with Gasteiger partial charge in [-0.15, -0.1) is 0 Å². The minimum atomic E-state index is 0.665. The summed E-state index contributed by atoms with van der Waals surface area (Å²) in [7, 11) is 0. The number of para-hydroxylation sites is 2. The van der Waals surface area contributed by atoms with Gasteiger partial charge >= 0.3 is 0 Å². The average molecular weight is 313 g/mol. The molecule has 0 atom stereocenters. The number of hydrogen-bond acceptors (Lipinski definition) is 2. The molecule has 0 aromatic heterocycles. The summed E-state index contributed by atoms with van der Waals surface area (Å²) in [5, 5.41) is 0. The van der Waals surface area contributed by atoms with E-state index in [0.29, 0.717) is 5.56 Å². The summed E-state index contributed by atoms with van der Waals surface area (Å²) in [6.07, 6.45) is 4.88. The summed E-state index contributed by atoms with van der Waals surface area (Å²) in [5.41, 5.74) is 4.59. The first-order valence-corrected chi connectivity index (χ1v) is 7.95. The van der Waals surface area contributed by atoms with Gasteiger partial charge in [0.05, 0.1) is 5.69 Å². The molecule has 0 N–H and O–H groups in total. The maximum absolute atomic E-state index is 11.7. The van der Waals surface area contributed by atoms with Crippen molar-refractivity contribution in [1.82, 2.24) is 0 Å². The fourth-order valence-electron chi connectivity index (χ4n) is 2.75. The van der Waals surface area contributed by atoms with E-state index in [-0.39, 0.29) is 0 Å². The van der Waals surface area contributed by atoms with Gasteiger partial charge in [0, 0.05) is 16.9 Å². The van der Waals surface area contributed by atoms with Gasteiger partial charge in [-0.3, -0.25) is 4.79 Å². The molecule has 2 heteroatoms. The van der Waals surface area contributed by atoms with Gasteiger partial charge in [-0.2, -0.15) is 0 Å². The molecule has 0 amide bonds. The first-order valence-electron chi connectivity index (χ1n) is 7.95. The van der Waals surface area contributed by atoms with E-state index in [1.165, 1.54) is 0 Å². The Kier molecular flexibility index (Phi) is 4.87. The number of allylic oxidation sites excluding steroid dienone is 1. The predicted octanol–water partition coefficient (Wildman–Crippen LogP) is 6.00. The fraction of sp³-hybridized carbons (Fsp3) is 0.0455. The Morgan fingerprint density at radius 3 is 1.88 bits per heavy atom. The highest BCUT2D eigenvalue weighted by atomic mass is 16.1. The Labute approximate surface area is 142 Å². The van der Waals surface area contributed by atoms with E-state index in [1.54, 1.807) is 0 Å². The van der Waals surface area contributed by atoms with Gasteiger partial charge < -0.3 is 4.90 Å². The van der Waals surface area contributed by atoms with Gasteiger partial charge in [-0.1, -0.05) is 54.6 Å². The molecule has 3 aromatic carbocycles. The lowest BCUT2D eigenvalue weighted by Crippen LogP contribution is -2.12. The Bertz CT molecular complexity index is 799. The minimum Gasteiger partial charge on any atom is -0.310 e. The molecule has 0 aliphatic heterocycles. The molecule has 24 heavy (non-hydrogen) atoms. The summed E-state index contributed by atoms with van der Waals surface area (Å²) in [4.78, 5) is 13.8. The molecule has 0 aliphatic rings. The third-order valence-corrected chi connectivity index (χ3v) is 3.81. The molecule has 0 saturated heterocycles. The van der Waals surface area contributed by atoms with Crippen molar-refractivity contribution >= 4 is 29.4 Å². The highest BCUT2D eigenvalue weighted by Crippen LogP contribution is 2.36. The van der Waals surface area contributed by atoms with E-state index >= 15 is 0 Å². The van der Waals surface area contributed by atoms with E-state index in [9.17, 15) is 4.79 Å². The maximum atomic E-state index is 11.7. The van der Waals surface area contributed by atoms with Gasteiger partial charge in [-0.25, -0.2) is 0 Å². The zero-order valence-electron chi connectivity index (χ0n) is 13.6. The molecule has 3 rings (SSSR count). The lowest BCUT2D eigenvalue weighted by Gasteiger charge is -2.26. The van der Waals surface area contributed by atoms with Crippen molar-refractivity contribution in [3.05, 3.63) is 96.1 Å². The predicted molar refractivity (Wildman–Crippen MR) is 101 cm³/mol. The SMILES string of the molecule is C/C=C/c1ccc(N(c2ccccc2)c2ccccc2)c(C=O)c1. The molecular weight excluding hydrogens is 294 g/mol. The lowest BCUT2D eigenvalue weighted by molar-refractivity contribution is 0.112. The van der Waals surface area contributed by atoms with E-state index in [2.05, 4.69) is 4.90 Å². The summed E-state index contributed by atoms with van der Waals surface area (Å²) < 4.78 is 0. The van der Waals surface area contributed by atoms with Crippen molar-refractivity contribution in [2.45, 2.75) is 6.92 Å². The van der Waals surface area contributed by atoms with Crippen LogP contribution in [0.4, 0.5) is 17.1 Å². The molecule has 0 bridgehead atoms. The fourth-order valence-corrected chi connectivity index (χ4v) is 2.75. The first kappa shape index (κ1) is 15.8. The maximum Gasteiger partial charge on any atom is 0.152 e. The summed E-state index contributed by atoms with van der Waals surface area (Å²) in [6, 6.07) is 26.1. The highest BCUT2D eigenvalue weighted by molar-refractivity contribution is 5.91. The smallest absolute Gasteiger partial charge is 0.152 e. The van der Waals surface area contributed by atoms with Crippen molar-refractivity contribution < 1.29 is 4.79 Å². The molecule has 0 spiro atoms. The molecule has 3 aromatic rings. The van der Waals surface area contributed by atoms with Crippen molar-refractivity contribution in [2.75, 3.05) is 4.90 Å². The number of benzene rings is 3. The van der Waals surface area contributed by atoms with E-state index in [1.807, 2.05) is 97.9 Å². The minimum absolute atomic E-state index is 0.665. The van der Waals surface area contributed by atoms with Crippen molar-refractivity contribution in [3.63, 3.8) is 0 Å². The van der Waals surface area contributed by atoms with Crippen LogP contribution in [0.2, 0.25) is 0 Å². The number of aldehydes is 1. The number of anilines is 3. The quantitative estimate of drug-likeness (QED) is 0.538. The number of carbonyl (C=O) groups is 1. The highest BCUT2D eigenvalue weighted by Gasteiger charge is 2.15. The van der Waals surface area contributed by atoms with Crippen LogP contribution in [-0.2, 0) is 0 Å². The molecular formula is C22H19NO. The molecule has 0 saturated carbocycles. The first-order chi connectivity index (χ1) is 11.8. The van der Waals surface area contributed by atoms with Crippen LogP contribution in [0.15, 0.2) is 84.9 Å². The van der Waals surface area contributed by atoms with Gasteiger partial charge in [0.1, 0.15) is 0 Å². The summed E-state index contributed by atoms with van der Waals surface area (Å²) >= 11 is 0. The van der Waals surface area contributed by atoms with Crippen LogP contribution in [0.5, 0.6) is 0 Å². The lowest BCUT2D eigenvalue weighted by atomic mass is 10.1. The summed E-state index contributed by atoms with van der Waals surface area (Å²) in [5.74, 6) is 0. The standard InChI is InChI=1S/C22H19NO/c1-2-9-18-14-15-22(19(16-18)17-24)23(20-10-5-3-6-11-20)21-12-7-4-8-13-21/h2-17H,1H3/b9-2+. The zero-order valence-corrected chi connectivity index (χ0v) is 13.6. The van der Waals surface area contributed by atoms with E-state index < -0.39 is 0 Å². The molecule has 0 unspecified atom stereocenters. The van der Waals surface area contributed by atoms with Gasteiger partial charge in [0.25, 0.3) is 0 Å². The van der Waals surface area contributed by atoms with Crippen LogP contribution in [0.3, 0.4) is 0 Å². The van der Waals surface area contributed by atoms with Crippen LogP contribution in [0.1, 0.15) is 22.8 Å². The number of hydrogen-bond donors (Lipinski definition) is 0. The Hall–Kier alpha value is -3.13. The largest absolute Gasteiger partial charge is 0.310 e. The third-order valence-electron chi connectivity index (χ3n) is 3.81. The van der Waals surface area contributed by atoms with Crippen molar-refractivity contribution in [3.8, 4) is 0 Å². The molecule has 2 nitrogen and oxygen atoms in total. The number of nitrogens with zero attached hydrogens (tertiary/aromatic N) is 1. The monoisotopic (exact) mass is 313 g/mol. The molecule has 0 radical (unpaired) electrons. The van der Waals surface area contributed by atoms with E-state index in [4.69, 9.17) is 0 Å². The third kappa shape index (κ3) is 3.28. The topological polar surface area (TPSA) is 20.3 Å². The van der Waals surface area contributed by atoms with Crippen LogP contribution in [0.25, 0.3) is 6.08 Å². The Morgan fingerprint density at radius 2 is 1.38 bits per heavy atom. The molecule has 0 heterocycles. The normalized spacial score (nSPS) is 10.7. The second-order valence-corrected chi connectivity index (χ2v) is 5.44. The number of rotatable bonds is 5. The van der Waals surface area contributed by atoms with Crippen molar-refractivity contribution in [1.29, 1.82) is 0 Å². The van der Waals surface area contributed by atoms with Crippen LogP contribution in [-0.4, -0.2) is 6.29 Å². The van der Waals surface area contributed by atoms with Crippen molar-refractivity contribution in [2.24, 2.45) is 0 Å². The van der Waals surface area contributed by atoms with Crippen LogP contribution < -0.4 is 4.90 Å².